The van der Waals surface area contributed by atoms with Gasteiger partial charge in [-0.3, -0.25) is 10.1 Å². The van der Waals surface area contributed by atoms with Crippen LogP contribution in [0.4, 0.5) is 15.8 Å². The number of benzene rings is 1. The Labute approximate surface area is 120 Å². The fourth-order valence-corrected chi connectivity index (χ4v) is 1.88. The van der Waals surface area contributed by atoms with Gasteiger partial charge in [-0.05, 0) is 19.9 Å². The molecule has 1 rings (SSSR count). The third-order valence-electron chi connectivity index (χ3n) is 2.93. The van der Waals surface area contributed by atoms with Gasteiger partial charge >= 0.3 is 5.97 Å². The molecule has 112 valence electrons. The van der Waals surface area contributed by atoms with Crippen LogP contribution in [0.3, 0.4) is 0 Å². The van der Waals surface area contributed by atoms with Crippen molar-refractivity contribution in [3.63, 3.8) is 0 Å². The van der Waals surface area contributed by atoms with Crippen molar-refractivity contribution in [2.45, 2.75) is 13.8 Å². The number of nitro groups is 1. The van der Waals surface area contributed by atoms with E-state index in [0.717, 1.165) is 6.07 Å². The molecule has 0 bridgehead atoms. The first-order valence-electron chi connectivity index (χ1n) is 6.17. The molecule has 0 radical (unpaired) electrons. The second-order valence-electron chi connectivity index (χ2n) is 4.45. The number of nitro benzene ring substituents is 1. The van der Waals surface area contributed by atoms with E-state index in [4.69, 9.17) is 10.4 Å². The van der Waals surface area contributed by atoms with Gasteiger partial charge in [-0.2, -0.15) is 5.26 Å². The fourth-order valence-electron chi connectivity index (χ4n) is 1.88. The highest BCUT2D eigenvalue weighted by Crippen LogP contribution is 2.31. The third-order valence-corrected chi connectivity index (χ3v) is 2.93. The summed E-state index contributed by atoms with van der Waals surface area (Å²) in [4.78, 5) is 22.7. The molecule has 21 heavy (non-hydrogen) atoms. The molecule has 0 amide bonds. The Morgan fingerprint density at radius 2 is 2.24 bits per heavy atom. The maximum absolute atomic E-state index is 13.6. The van der Waals surface area contributed by atoms with Gasteiger partial charge in [0.2, 0.25) is 0 Å². The first-order valence-corrected chi connectivity index (χ1v) is 6.17. The lowest BCUT2D eigenvalue weighted by atomic mass is 10.1. The molecule has 7 nitrogen and oxygen atoms in total. The smallest absolute Gasteiger partial charge is 0.338 e. The van der Waals surface area contributed by atoms with Crippen LogP contribution in [-0.2, 0) is 0 Å². The van der Waals surface area contributed by atoms with Crippen molar-refractivity contribution in [2.75, 3.05) is 18.0 Å². The Morgan fingerprint density at radius 3 is 2.67 bits per heavy atom. The molecule has 0 aromatic heterocycles. The third kappa shape index (κ3) is 3.66. The Hall–Kier alpha value is -2.69. The number of anilines is 1. The summed E-state index contributed by atoms with van der Waals surface area (Å²) in [6.45, 7) is 3.84. The molecule has 1 atom stereocenters. The number of carboxylic acid groups (broad SMARTS) is 1. The minimum atomic E-state index is -1.51. The second-order valence-corrected chi connectivity index (χ2v) is 4.45. The van der Waals surface area contributed by atoms with Crippen molar-refractivity contribution in [1.82, 2.24) is 0 Å². The molecule has 1 unspecified atom stereocenters. The molecule has 1 aromatic carbocycles. The number of carbonyl (C=O) groups is 1. The lowest BCUT2D eigenvalue weighted by Crippen LogP contribution is -2.28. The van der Waals surface area contributed by atoms with E-state index in [9.17, 15) is 19.3 Å². The van der Waals surface area contributed by atoms with Gasteiger partial charge in [0.1, 0.15) is 11.5 Å². The maximum Gasteiger partial charge on any atom is 0.338 e. The van der Waals surface area contributed by atoms with Crippen molar-refractivity contribution in [3.05, 3.63) is 33.6 Å². The van der Waals surface area contributed by atoms with E-state index in [2.05, 4.69) is 0 Å². The topological polar surface area (TPSA) is 107 Å². The quantitative estimate of drug-likeness (QED) is 0.637. The van der Waals surface area contributed by atoms with Crippen LogP contribution in [0.25, 0.3) is 0 Å². The monoisotopic (exact) mass is 295 g/mol. The van der Waals surface area contributed by atoms with Gasteiger partial charge in [0.05, 0.1) is 28.5 Å². The molecule has 1 N–H and O–H groups in total. The summed E-state index contributed by atoms with van der Waals surface area (Å²) in [6, 6.07) is 3.52. The Morgan fingerprint density at radius 1 is 1.62 bits per heavy atom. The molecule has 0 spiro atoms. The molecule has 0 aliphatic rings. The Balaban J connectivity index is 3.42. The van der Waals surface area contributed by atoms with Crippen molar-refractivity contribution in [1.29, 1.82) is 5.26 Å². The van der Waals surface area contributed by atoms with E-state index in [1.165, 1.54) is 4.90 Å². The van der Waals surface area contributed by atoms with Gasteiger partial charge in [-0.15, -0.1) is 0 Å². The fraction of sp³-hybridized carbons (Fsp3) is 0.385. The van der Waals surface area contributed by atoms with Crippen molar-refractivity contribution in [3.8, 4) is 6.07 Å². The number of hydrogen-bond donors (Lipinski definition) is 1. The van der Waals surface area contributed by atoms with Crippen molar-refractivity contribution >= 4 is 17.3 Å². The zero-order chi connectivity index (χ0) is 16.2. The number of halogens is 1. The Kier molecular flexibility index (Phi) is 5.18. The standard InChI is InChI=1S/C13H14FN3O4/c1-3-16(7-8(2)6-15)11-4-9(13(18)19)10(14)5-12(11)17(20)21/h4-5,8H,3,7H2,1-2H3,(H,18,19). The predicted octanol–water partition coefficient (Wildman–Crippen LogP) is 2.42. The van der Waals surface area contributed by atoms with E-state index in [0.29, 0.717) is 12.6 Å². The Bertz CT molecular complexity index is 612. The average Bonchev–Trinajstić information content (AvgIpc) is 2.43. The number of rotatable bonds is 6. The first kappa shape index (κ1) is 16.4. The van der Waals surface area contributed by atoms with Crippen LogP contribution < -0.4 is 4.90 Å². The maximum atomic E-state index is 13.6. The van der Waals surface area contributed by atoms with Crippen LogP contribution in [0.1, 0.15) is 24.2 Å². The van der Waals surface area contributed by atoms with E-state index in [-0.39, 0.29) is 12.2 Å². The number of nitriles is 1. The van der Waals surface area contributed by atoms with Crippen LogP contribution in [-0.4, -0.2) is 29.1 Å². The van der Waals surface area contributed by atoms with Crippen LogP contribution >= 0.6 is 0 Å². The SMILES string of the molecule is CCN(CC(C)C#N)c1cc(C(=O)O)c(F)cc1[N+](=O)[O-]. The summed E-state index contributed by atoms with van der Waals surface area (Å²) >= 11 is 0. The van der Waals surface area contributed by atoms with Crippen molar-refractivity contribution in [2.24, 2.45) is 5.92 Å². The number of carboxylic acids is 1. The van der Waals surface area contributed by atoms with Crippen LogP contribution in [0.5, 0.6) is 0 Å². The zero-order valence-electron chi connectivity index (χ0n) is 11.5. The molecule has 0 heterocycles. The first-order chi connectivity index (χ1) is 9.81. The molecule has 0 aliphatic heterocycles. The molecule has 0 fully saturated rings. The van der Waals surface area contributed by atoms with Gasteiger partial charge in [0.25, 0.3) is 5.69 Å². The summed E-state index contributed by atoms with van der Waals surface area (Å²) in [5.41, 5.74) is -1.17. The zero-order valence-corrected chi connectivity index (χ0v) is 11.5. The lowest BCUT2D eigenvalue weighted by Gasteiger charge is -2.24. The molecular weight excluding hydrogens is 281 g/mol. The van der Waals surface area contributed by atoms with Gasteiger partial charge in [0.15, 0.2) is 0 Å². The molecule has 8 heteroatoms. The van der Waals surface area contributed by atoms with Crippen molar-refractivity contribution < 1.29 is 19.2 Å². The number of hydrogen-bond acceptors (Lipinski definition) is 5. The highest BCUT2D eigenvalue weighted by atomic mass is 19.1. The lowest BCUT2D eigenvalue weighted by molar-refractivity contribution is -0.384. The summed E-state index contributed by atoms with van der Waals surface area (Å²) in [6.07, 6.45) is 0. The van der Waals surface area contributed by atoms with Gasteiger partial charge in [-0.25, -0.2) is 9.18 Å². The number of aromatic carboxylic acids is 1. The predicted molar refractivity (Wildman–Crippen MR) is 72.7 cm³/mol. The highest BCUT2D eigenvalue weighted by molar-refractivity contribution is 5.90. The second kappa shape index (κ2) is 6.65. The largest absolute Gasteiger partial charge is 0.478 e. The summed E-state index contributed by atoms with van der Waals surface area (Å²) in [5.74, 6) is -3.08. The summed E-state index contributed by atoms with van der Waals surface area (Å²) < 4.78 is 13.6. The van der Waals surface area contributed by atoms with E-state index in [1.54, 1.807) is 13.8 Å². The van der Waals surface area contributed by atoms with E-state index >= 15 is 0 Å². The summed E-state index contributed by atoms with van der Waals surface area (Å²) in [5, 5.41) is 28.8. The van der Waals surface area contributed by atoms with Gasteiger partial charge < -0.3 is 10.0 Å². The van der Waals surface area contributed by atoms with Gasteiger partial charge in [-0.1, -0.05) is 0 Å². The normalized spacial score (nSPS) is 11.5. The highest BCUT2D eigenvalue weighted by Gasteiger charge is 2.25. The molecule has 1 aromatic rings. The summed E-state index contributed by atoms with van der Waals surface area (Å²) in [7, 11) is 0. The average molecular weight is 295 g/mol. The van der Waals surface area contributed by atoms with E-state index in [1.807, 2.05) is 6.07 Å². The minimum Gasteiger partial charge on any atom is -0.478 e. The molecule has 0 aliphatic carbocycles. The van der Waals surface area contributed by atoms with E-state index < -0.39 is 33.9 Å². The molecule has 0 saturated carbocycles. The molecular formula is C13H14FN3O4. The van der Waals surface area contributed by atoms with Crippen LogP contribution in [0.2, 0.25) is 0 Å². The van der Waals surface area contributed by atoms with Gasteiger partial charge in [0, 0.05) is 13.1 Å². The minimum absolute atomic E-state index is 0.0107. The molecule has 0 saturated heterocycles. The van der Waals surface area contributed by atoms with Crippen LogP contribution in [0.15, 0.2) is 12.1 Å². The number of nitrogens with zero attached hydrogens (tertiary/aromatic N) is 3. The van der Waals surface area contributed by atoms with Crippen LogP contribution in [0, 0.1) is 33.2 Å².